The van der Waals surface area contributed by atoms with Crippen molar-refractivity contribution in [3.05, 3.63) is 71.5 Å². The highest BCUT2D eigenvalue weighted by molar-refractivity contribution is 7.89. The van der Waals surface area contributed by atoms with Gasteiger partial charge in [0.25, 0.3) is 5.91 Å². The van der Waals surface area contributed by atoms with Gasteiger partial charge in [-0.2, -0.15) is 13.2 Å². The van der Waals surface area contributed by atoms with E-state index in [0.717, 1.165) is 12.1 Å². The number of rotatable bonds is 4. The van der Waals surface area contributed by atoms with E-state index in [9.17, 15) is 26.4 Å². The number of halogens is 3. The molecule has 0 unspecified atom stereocenters. The summed E-state index contributed by atoms with van der Waals surface area (Å²) in [4.78, 5) is 12.2. The molecular formula is C19H15F3N2O4S. The number of hydrogen-bond donors (Lipinski definition) is 2. The molecule has 0 bridgehead atoms. The number of nitrogens with two attached hydrogens (primary N) is 1. The van der Waals surface area contributed by atoms with Gasteiger partial charge in [-0.15, -0.1) is 0 Å². The van der Waals surface area contributed by atoms with Crippen LogP contribution < -0.4 is 10.5 Å². The minimum atomic E-state index is -4.50. The number of carbonyl (C=O) groups excluding carboxylic acids is 1. The number of alkyl halides is 3. The third-order valence-corrected chi connectivity index (χ3v) is 5.11. The first-order valence-electron chi connectivity index (χ1n) is 8.17. The van der Waals surface area contributed by atoms with Crippen LogP contribution in [0.25, 0.3) is 11.3 Å². The second kappa shape index (κ2) is 7.37. The smallest absolute Gasteiger partial charge is 0.416 e. The van der Waals surface area contributed by atoms with Crippen molar-refractivity contribution < 1.29 is 30.8 Å². The van der Waals surface area contributed by atoms with Crippen molar-refractivity contribution in [2.75, 3.05) is 5.32 Å². The topological polar surface area (TPSA) is 102 Å². The Hall–Kier alpha value is -3.11. The summed E-state index contributed by atoms with van der Waals surface area (Å²) in [6.45, 7) is 1.55. The summed E-state index contributed by atoms with van der Waals surface area (Å²) in [5, 5.41) is 7.61. The third-order valence-electron chi connectivity index (χ3n) is 4.06. The molecule has 10 heteroatoms. The first kappa shape index (κ1) is 20.6. The van der Waals surface area contributed by atoms with Gasteiger partial charge in [0.15, 0.2) is 5.76 Å². The van der Waals surface area contributed by atoms with Gasteiger partial charge in [-0.25, -0.2) is 13.6 Å². The number of amides is 1. The Bertz CT molecular complexity index is 1180. The van der Waals surface area contributed by atoms with E-state index in [4.69, 9.17) is 9.56 Å². The minimum absolute atomic E-state index is 0.0791. The maximum Gasteiger partial charge on any atom is 0.416 e. The molecule has 0 saturated carbocycles. The van der Waals surface area contributed by atoms with Gasteiger partial charge in [0.05, 0.1) is 10.5 Å². The van der Waals surface area contributed by atoms with E-state index < -0.39 is 27.7 Å². The molecule has 0 radical (unpaired) electrons. The molecule has 6 nitrogen and oxygen atoms in total. The van der Waals surface area contributed by atoms with E-state index in [1.54, 1.807) is 6.92 Å². The van der Waals surface area contributed by atoms with Crippen LogP contribution in [0.15, 0.2) is 63.9 Å². The number of hydrogen-bond acceptors (Lipinski definition) is 4. The molecule has 0 fully saturated rings. The predicted molar refractivity (Wildman–Crippen MR) is 99.7 cm³/mol. The number of furan rings is 1. The average Bonchev–Trinajstić information content (AvgIpc) is 3.12. The molecule has 0 aliphatic rings. The maximum absolute atomic E-state index is 12.9. The number of aryl methyl sites for hydroxylation is 1. The minimum Gasteiger partial charge on any atom is -0.451 e. The molecule has 1 heterocycles. The van der Waals surface area contributed by atoms with Crippen molar-refractivity contribution in [3.8, 4) is 11.3 Å². The lowest BCUT2D eigenvalue weighted by Gasteiger charge is -2.08. The van der Waals surface area contributed by atoms with Crippen molar-refractivity contribution in [3.63, 3.8) is 0 Å². The maximum atomic E-state index is 12.9. The molecule has 3 N–H and O–H groups in total. The molecule has 1 aromatic heterocycles. The monoisotopic (exact) mass is 424 g/mol. The molecule has 152 valence electrons. The number of carbonyl (C=O) groups is 1. The lowest BCUT2D eigenvalue weighted by atomic mass is 10.1. The van der Waals surface area contributed by atoms with Crippen LogP contribution in [-0.2, 0) is 16.2 Å². The molecular weight excluding hydrogens is 409 g/mol. The van der Waals surface area contributed by atoms with Crippen molar-refractivity contribution in [1.29, 1.82) is 0 Å². The van der Waals surface area contributed by atoms with Crippen LogP contribution in [-0.4, -0.2) is 14.3 Å². The molecule has 3 rings (SSSR count). The first-order chi connectivity index (χ1) is 13.4. The van der Waals surface area contributed by atoms with Crippen LogP contribution in [0, 0.1) is 6.92 Å². The molecule has 0 atom stereocenters. The summed E-state index contributed by atoms with van der Waals surface area (Å²) < 4.78 is 67.1. The summed E-state index contributed by atoms with van der Waals surface area (Å²) >= 11 is 0. The Kier molecular flexibility index (Phi) is 5.24. The fourth-order valence-electron chi connectivity index (χ4n) is 2.64. The van der Waals surface area contributed by atoms with Crippen molar-refractivity contribution in [2.45, 2.75) is 18.0 Å². The Morgan fingerprint density at radius 2 is 1.79 bits per heavy atom. The van der Waals surface area contributed by atoms with Crippen LogP contribution in [0.1, 0.15) is 21.7 Å². The van der Waals surface area contributed by atoms with Crippen molar-refractivity contribution in [2.24, 2.45) is 5.14 Å². The largest absolute Gasteiger partial charge is 0.451 e. The molecule has 1 amide bonds. The van der Waals surface area contributed by atoms with E-state index in [0.29, 0.717) is 5.56 Å². The molecule has 0 aliphatic heterocycles. The molecule has 3 aromatic rings. The highest BCUT2D eigenvalue weighted by Crippen LogP contribution is 2.32. The van der Waals surface area contributed by atoms with Gasteiger partial charge in [0, 0.05) is 11.3 Å². The Balaban J connectivity index is 1.84. The number of nitrogens with one attached hydrogen (secondary N) is 1. The summed E-state index contributed by atoms with van der Waals surface area (Å²) in [5.74, 6) is -0.780. The average molecular weight is 424 g/mol. The summed E-state index contributed by atoms with van der Waals surface area (Å²) in [5.41, 5.74) is -0.102. The van der Waals surface area contributed by atoms with Crippen LogP contribution in [0.2, 0.25) is 0 Å². The van der Waals surface area contributed by atoms with Gasteiger partial charge in [-0.05, 0) is 48.9 Å². The summed E-state index contributed by atoms with van der Waals surface area (Å²) in [6.07, 6.45) is -4.50. The second-order valence-electron chi connectivity index (χ2n) is 6.22. The Morgan fingerprint density at radius 1 is 1.07 bits per heavy atom. The van der Waals surface area contributed by atoms with E-state index in [-0.39, 0.29) is 27.7 Å². The Labute approximate surface area is 164 Å². The number of sulfonamides is 1. The van der Waals surface area contributed by atoms with Gasteiger partial charge in [0.2, 0.25) is 10.0 Å². The van der Waals surface area contributed by atoms with Crippen LogP contribution in [0.3, 0.4) is 0 Å². The third kappa shape index (κ3) is 4.66. The lowest BCUT2D eigenvalue weighted by molar-refractivity contribution is -0.137. The summed E-state index contributed by atoms with van der Waals surface area (Å²) in [6, 6.07) is 11.4. The van der Waals surface area contributed by atoms with E-state index in [1.807, 2.05) is 0 Å². The van der Waals surface area contributed by atoms with Gasteiger partial charge >= 0.3 is 6.18 Å². The van der Waals surface area contributed by atoms with Crippen LogP contribution >= 0.6 is 0 Å². The van der Waals surface area contributed by atoms with Crippen molar-refractivity contribution >= 4 is 21.6 Å². The standard InChI is InChI=1S/C19H15F3N2O4S/c1-11-5-6-14(10-17(11)29(23,26)27)24-18(25)16-8-7-15(28-16)12-3-2-4-13(9-12)19(20,21)22/h2-10H,1H3,(H,24,25)(H2,23,26,27). The SMILES string of the molecule is Cc1ccc(NC(=O)c2ccc(-c3cccc(C(F)(F)F)c3)o2)cc1S(N)(=O)=O. The fraction of sp³-hybridized carbons (Fsp3) is 0.105. The van der Waals surface area contributed by atoms with Crippen molar-refractivity contribution in [1.82, 2.24) is 0 Å². The van der Waals surface area contributed by atoms with E-state index in [1.165, 1.54) is 42.5 Å². The zero-order valence-electron chi connectivity index (χ0n) is 14.9. The normalized spacial score (nSPS) is 12.0. The van der Waals surface area contributed by atoms with Crippen LogP contribution in [0.5, 0.6) is 0 Å². The van der Waals surface area contributed by atoms with Gasteiger partial charge in [-0.1, -0.05) is 18.2 Å². The van der Waals surface area contributed by atoms with E-state index in [2.05, 4.69) is 5.32 Å². The quantitative estimate of drug-likeness (QED) is 0.656. The molecule has 0 saturated heterocycles. The zero-order chi connectivity index (χ0) is 21.4. The zero-order valence-corrected chi connectivity index (χ0v) is 15.8. The number of anilines is 1. The first-order valence-corrected chi connectivity index (χ1v) is 9.72. The van der Waals surface area contributed by atoms with Gasteiger partial charge in [0.1, 0.15) is 5.76 Å². The molecule has 29 heavy (non-hydrogen) atoms. The second-order valence-corrected chi connectivity index (χ2v) is 7.75. The highest BCUT2D eigenvalue weighted by atomic mass is 32.2. The number of benzene rings is 2. The lowest BCUT2D eigenvalue weighted by Crippen LogP contribution is -2.15. The highest BCUT2D eigenvalue weighted by Gasteiger charge is 2.30. The summed E-state index contributed by atoms with van der Waals surface area (Å²) in [7, 11) is -3.97. The van der Waals surface area contributed by atoms with E-state index >= 15 is 0 Å². The Morgan fingerprint density at radius 3 is 2.45 bits per heavy atom. The molecule has 2 aromatic carbocycles. The fourth-order valence-corrected chi connectivity index (χ4v) is 3.45. The number of primary sulfonamides is 1. The van der Waals surface area contributed by atoms with Gasteiger partial charge < -0.3 is 9.73 Å². The van der Waals surface area contributed by atoms with Crippen LogP contribution in [0.4, 0.5) is 18.9 Å². The predicted octanol–water partition coefficient (Wildman–Crippen LogP) is 4.17. The molecule has 0 aliphatic carbocycles. The molecule has 0 spiro atoms. The van der Waals surface area contributed by atoms with Gasteiger partial charge in [-0.3, -0.25) is 4.79 Å².